The number of hydrogen-bond acceptors (Lipinski definition) is 2. The molecule has 1 aliphatic rings. The fourth-order valence-electron chi connectivity index (χ4n) is 1.67. The molecule has 2 rings (SSSR count). The highest BCUT2D eigenvalue weighted by molar-refractivity contribution is 5.53. The lowest BCUT2D eigenvalue weighted by Crippen LogP contribution is -2.14. The summed E-state index contributed by atoms with van der Waals surface area (Å²) in [6.07, 6.45) is 2.09. The van der Waals surface area contributed by atoms with Crippen molar-refractivity contribution < 1.29 is 0 Å². The van der Waals surface area contributed by atoms with E-state index < -0.39 is 0 Å². The summed E-state index contributed by atoms with van der Waals surface area (Å²) in [7, 11) is 0. The molecule has 1 aliphatic carbocycles. The van der Waals surface area contributed by atoms with Crippen LogP contribution in [-0.4, -0.2) is 6.54 Å². The lowest BCUT2D eigenvalue weighted by Gasteiger charge is -2.12. The van der Waals surface area contributed by atoms with Crippen LogP contribution in [0.2, 0.25) is 0 Å². The summed E-state index contributed by atoms with van der Waals surface area (Å²) < 4.78 is 0. The monoisotopic (exact) mass is 200 g/mol. The minimum absolute atomic E-state index is 0.0732. The minimum atomic E-state index is -0.0732. The molecule has 0 spiro atoms. The van der Waals surface area contributed by atoms with Gasteiger partial charge in [0.15, 0.2) is 0 Å². The molecule has 1 N–H and O–H groups in total. The van der Waals surface area contributed by atoms with E-state index in [1.54, 1.807) is 0 Å². The molecule has 0 amide bonds. The van der Waals surface area contributed by atoms with Crippen molar-refractivity contribution in [2.45, 2.75) is 26.7 Å². The Morgan fingerprint density at radius 2 is 2.13 bits per heavy atom. The first-order chi connectivity index (χ1) is 7.15. The van der Waals surface area contributed by atoms with Crippen LogP contribution in [0.3, 0.4) is 0 Å². The Balaban J connectivity index is 2.05. The number of nitrogens with zero attached hydrogens (tertiary/aromatic N) is 1. The summed E-state index contributed by atoms with van der Waals surface area (Å²) in [5.41, 5.74) is 3.59. The van der Waals surface area contributed by atoms with Gasteiger partial charge in [0, 0.05) is 12.2 Å². The van der Waals surface area contributed by atoms with Crippen LogP contribution in [0.1, 0.15) is 24.0 Å². The van der Waals surface area contributed by atoms with Gasteiger partial charge < -0.3 is 5.32 Å². The topological polar surface area (TPSA) is 35.8 Å². The third-order valence-electron chi connectivity index (χ3n) is 3.10. The highest BCUT2D eigenvalue weighted by atomic mass is 14.9. The van der Waals surface area contributed by atoms with E-state index in [1.807, 2.05) is 0 Å². The van der Waals surface area contributed by atoms with Gasteiger partial charge in [0.25, 0.3) is 0 Å². The summed E-state index contributed by atoms with van der Waals surface area (Å²) in [6.45, 7) is 4.96. The molecule has 0 unspecified atom stereocenters. The maximum absolute atomic E-state index is 8.97. The average molecular weight is 200 g/mol. The number of benzene rings is 1. The van der Waals surface area contributed by atoms with Crippen LogP contribution in [0, 0.1) is 30.6 Å². The highest BCUT2D eigenvalue weighted by Crippen LogP contribution is 2.44. The summed E-state index contributed by atoms with van der Waals surface area (Å²) >= 11 is 0. The molecule has 2 nitrogen and oxygen atoms in total. The van der Waals surface area contributed by atoms with Gasteiger partial charge >= 0.3 is 0 Å². The highest BCUT2D eigenvalue weighted by Gasteiger charge is 2.42. The molecule has 78 valence electrons. The Bertz CT molecular complexity index is 411. The number of aryl methyl sites for hydroxylation is 2. The summed E-state index contributed by atoms with van der Waals surface area (Å²) in [4.78, 5) is 0. The molecule has 0 saturated heterocycles. The van der Waals surface area contributed by atoms with Crippen LogP contribution in [0.25, 0.3) is 0 Å². The second kappa shape index (κ2) is 3.58. The Hall–Kier alpha value is -1.49. The first kappa shape index (κ1) is 10.0. The number of rotatable bonds is 3. The van der Waals surface area contributed by atoms with Gasteiger partial charge in [-0.3, -0.25) is 0 Å². The Kier molecular flexibility index (Phi) is 2.40. The lowest BCUT2D eigenvalue weighted by molar-refractivity contribution is 0.711. The van der Waals surface area contributed by atoms with Crippen LogP contribution in [0.5, 0.6) is 0 Å². The summed E-state index contributed by atoms with van der Waals surface area (Å²) in [6, 6.07) is 8.76. The first-order valence-electron chi connectivity index (χ1n) is 5.38. The van der Waals surface area contributed by atoms with Gasteiger partial charge in [0.1, 0.15) is 0 Å². The van der Waals surface area contributed by atoms with Gasteiger partial charge in [0.05, 0.1) is 11.5 Å². The van der Waals surface area contributed by atoms with Crippen molar-refractivity contribution in [3.8, 4) is 6.07 Å². The van der Waals surface area contributed by atoms with Crippen LogP contribution in [0.15, 0.2) is 18.2 Å². The number of nitriles is 1. The van der Waals surface area contributed by atoms with Gasteiger partial charge in [-0.2, -0.15) is 5.26 Å². The minimum Gasteiger partial charge on any atom is -0.383 e. The average Bonchev–Trinajstić information content (AvgIpc) is 3.00. The molecular formula is C13H16N2. The molecule has 0 atom stereocenters. The van der Waals surface area contributed by atoms with Crippen molar-refractivity contribution in [1.29, 1.82) is 5.26 Å². The number of hydrogen-bond donors (Lipinski definition) is 1. The fourth-order valence-corrected chi connectivity index (χ4v) is 1.67. The third kappa shape index (κ3) is 2.12. The smallest absolute Gasteiger partial charge is 0.0747 e. The molecule has 2 heteroatoms. The molecule has 0 aliphatic heterocycles. The number of anilines is 1. The molecule has 1 fully saturated rings. The zero-order valence-corrected chi connectivity index (χ0v) is 9.30. The van der Waals surface area contributed by atoms with Crippen LogP contribution >= 0.6 is 0 Å². The second-order valence-electron chi connectivity index (χ2n) is 4.56. The predicted octanol–water partition coefficient (Wildman–Crippen LogP) is 3.02. The van der Waals surface area contributed by atoms with Crippen molar-refractivity contribution in [3.63, 3.8) is 0 Å². The maximum Gasteiger partial charge on any atom is 0.0747 e. The molecule has 1 saturated carbocycles. The van der Waals surface area contributed by atoms with E-state index in [-0.39, 0.29) is 5.41 Å². The van der Waals surface area contributed by atoms with Gasteiger partial charge in [-0.15, -0.1) is 0 Å². The van der Waals surface area contributed by atoms with Gasteiger partial charge in [-0.1, -0.05) is 12.1 Å². The Morgan fingerprint density at radius 3 is 2.73 bits per heavy atom. The van der Waals surface area contributed by atoms with E-state index in [1.165, 1.54) is 11.1 Å². The third-order valence-corrected chi connectivity index (χ3v) is 3.10. The zero-order valence-electron chi connectivity index (χ0n) is 9.30. The Labute approximate surface area is 90.9 Å². The normalized spacial score (nSPS) is 16.9. The van der Waals surface area contributed by atoms with Crippen LogP contribution in [-0.2, 0) is 0 Å². The fraction of sp³-hybridized carbons (Fsp3) is 0.462. The zero-order chi connectivity index (χ0) is 10.9. The van der Waals surface area contributed by atoms with Crippen molar-refractivity contribution in [1.82, 2.24) is 0 Å². The van der Waals surface area contributed by atoms with Crippen molar-refractivity contribution in [2.75, 3.05) is 11.9 Å². The SMILES string of the molecule is Cc1ccc(C)c(NCC2(C#N)CC2)c1. The standard InChI is InChI=1S/C13H16N2/c1-10-3-4-11(2)12(7-10)15-9-13(8-14)5-6-13/h3-4,7,15H,5-6,9H2,1-2H3. The molecule has 0 bridgehead atoms. The first-order valence-corrected chi connectivity index (χ1v) is 5.38. The van der Waals surface area contributed by atoms with Crippen molar-refractivity contribution >= 4 is 5.69 Å². The van der Waals surface area contributed by atoms with E-state index in [2.05, 4.69) is 43.4 Å². The molecule has 0 heterocycles. The van der Waals surface area contributed by atoms with Crippen molar-refractivity contribution in [2.24, 2.45) is 5.41 Å². The Morgan fingerprint density at radius 1 is 1.40 bits per heavy atom. The lowest BCUT2D eigenvalue weighted by atomic mass is 10.1. The maximum atomic E-state index is 8.97. The molecular weight excluding hydrogens is 184 g/mol. The van der Waals surface area contributed by atoms with Crippen molar-refractivity contribution in [3.05, 3.63) is 29.3 Å². The quantitative estimate of drug-likeness (QED) is 0.814. The van der Waals surface area contributed by atoms with Gasteiger partial charge in [0.2, 0.25) is 0 Å². The summed E-state index contributed by atoms with van der Waals surface area (Å²) in [5.74, 6) is 0. The van der Waals surface area contributed by atoms with Gasteiger partial charge in [-0.25, -0.2) is 0 Å². The van der Waals surface area contributed by atoms with Crippen LogP contribution in [0.4, 0.5) is 5.69 Å². The van der Waals surface area contributed by atoms with E-state index in [0.29, 0.717) is 0 Å². The molecule has 0 radical (unpaired) electrons. The molecule has 1 aromatic carbocycles. The number of nitrogens with one attached hydrogen (secondary N) is 1. The van der Waals surface area contributed by atoms with Gasteiger partial charge in [-0.05, 0) is 43.9 Å². The molecule has 0 aromatic heterocycles. The second-order valence-corrected chi connectivity index (χ2v) is 4.56. The largest absolute Gasteiger partial charge is 0.383 e. The predicted molar refractivity (Wildman–Crippen MR) is 61.7 cm³/mol. The molecule has 15 heavy (non-hydrogen) atoms. The molecule has 1 aromatic rings. The van der Waals surface area contributed by atoms with Crippen LogP contribution < -0.4 is 5.32 Å². The summed E-state index contributed by atoms with van der Waals surface area (Å²) in [5, 5.41) is 12.4. The van der Waals surface area contributed by atoms with E-state index in [0.717, 1.165) is 25.1 Å². The van der Waals surface area contributed by atoms with E-state index in [4.69, 9.17) is 5.26 Å². The van der Waals surface area contributed by atoms with E-state index >= 15 is 0 Å². The van der Waals surface area contributed by atoms with E-state index in [9.17, 15) is 0 Å².